The first-order valence-electron chi connectivity index (χ1n) is 6.57. The van der Waals surface area contributed by atoms with Crippen molar-refractivity contribution in [3.05, 3.63) is 28.8 Å². The van der Waals surface area contributed by atoms with Crippen LogP contribution in [0.3, 0.4) is 0 Å². The van der Waals surface area contributed by atoms with E-state index in [4.69, 9.17) is 0 Å². The molecule has 1 N–H and O–H groups in total. The van der Waals surface area contributed by atoms with E-state index < -0.39 is 11.7 Å². The van der Waals surface area contributed by atoms with Gasteiger partial charge in [0.1, 0.15) is 0 Å². The maximum absolute atomic E-state index is 12.7. The molecule has 1 fully saturated rings. The molecule has 0 unspecified atom stereocenters. The van der Waals surface area contributed by atoms with Gasteiger partial charge in [-0.25, -0.2) is 4.98 Å². The molecule has 1 aliphatic rings. The van der Waals surface area contributed by atoms with Crippen molar-refractivity contribution in [2.45, 2.75) is 31.4 Å². The Labute approximate surface area is 119 Å². The van der Waals surface area contributed by atoms with Crippen LogP contribution in [-0.2, 0) is 11.6 Å². The molecule has 0 bridgehead atoms. The molecular formula is C14H15F3N2S. The van der Waals surface area contributed by atoms with E-state index in [-0.39, 0.29) is 5.41 Å². The Bertz CT molecular complexity index is 627. The molecule has 0 amide bonds. The summed E-state index contributed by atoms with van der Waals surface area (Å²) in [6.45, 7) is 4.01. The fourth-order valence-corrected chi connectivity index (χ4v) is 3.70. The predicted octanol–water partition coefficient (Wildman–Crippen LogP) is 3.96. The zero-order valence-electron chi connectivity index (χ0n) is 11.0. The molecule has 0 spiro atoms. The Kier molecular flexibility index (Phi) is 3.25. The summed E-state index contributed by atoms with van der Waals surface area (Å²) >= 11 is 1.52. The van der Waals surface area contributed by atoms with Gasteiger partial charge in [-0.3, -0.25) is 0 Å². The van der Waals surface area contributed by atoms with Crippen molar-refractivity contribution in [1.82, 2.24) is 10.3 Å². The van der Waals surface area contributed by atoms with Crippen molar-refractivity contribution in [2.24, 2.45) is 0 Å². The minimum absolute atomic E-state index is 0.0205. The summed E-state index contributed by atoms with van der Waals surface area (Å²) in [5.74, 6) is 0. The molecule has 0 aliphatic carbocycles. The van der Waals surface area contributed by atoms with Crippen LogP contribution in [0, 0.1) is 0 Å². The van der Waals surface area contributed by atoms with Crippen LogP contribution < -0.4 is 5.32 Å². The monoisotopic (exact) mass is 300 g/mol. The van der Waals surface area contributed by atoms with E-state index in [0.29, 0.717) is 5.52 Å². The maximum atomic E-state index is 12.7. The molecule has 108 valence electrons. The lowest BCUT2D eigenvalue weighted by molar-refractivity contribution is -0.137. The molecule has 1 aromatic carbocycles. The quantitative estimate of drug-likeness (QED) is 0.862. The third-order valence-corrected chi connectivity index (χ3v) is 5.28. The molecule has 1 saturated heterocycles. The highest BCUT2D eigenvalue weighted by Crippen LogP contribution is 2.39. The number of nitrogens with zero attached hydrogens (tertiary/aromatic N) is 1. The molecule has 20 heavy (non-hydrogen) atoms. The number of benzene rings is 1. The summed E-state index contributed by atoms with van der Waals surface area (Å²) in [4.78, 5) is 4.47. The van der Waals surface area contributed by atoms with Crippen LogP contribution in [0.25, 0.3) is 10.2 Å². The van der Waals surface area contributed by atoms with Crippen LogP contribution in [-0.4, -0.2) is 18.1 Å². The number of nitrogens with one attached hydrogen (secondary N) is 1. The fraction of sp³-hybridized carbons (Fsp3) is 0.500. The molecule has 2 heterocycles. The van der Waals surface area contributed by atoms with E-state index in [2.05, 4.69) is 17.2 Å². The van der Waals surface area contributed by atoms with Gasteiger partial charge >= 0.3 is 6.18 Å². The third-order valence-electron chi connectivity index (χ3n) is 3.94. The summed E-state index contributed by atoms with van der Waals surface area (Å²) in [6, 6.07) is 3.82. The summed E-state index contributed by atoms with van der Waals surface area (Å²) in [7, 11) is 0. The lowest BCUT2D eigenvalue weighted by Crippen LogP contribution is -2.37. The smallest absolute Gasteiger partial charge is 0.317 e. The number of hydrogen-bond acceptors (Lipinski definition) is 3. The molecule has 0 saturated carbocycles. The van der Waals surface area contributed by atoms with Crippen molar-refractivity contribution in [3.63, 3.8) is 0 Å². The van der Waals surface area contributed by atoms with Crippen LogP contribution in [0.15, 0.2) is 18.2 Å². The Morgan fingerprint density at radius 2 is 1.95 bits per heavy atom. The minimum Gasteiger partial charge on any atom is -0.317 e. The first kappa shape index (κ1) is 13.8. The normalized spacial score (nSPS) is 19.4. The van der Waals surface area contributed by atoms with Crippen LogP contribution in [0.2, 0.25) is 0 Å². The number of alkyl halides is 3. The highest BCUT2D eigenvalue weighted by Gasteiger charge is 2.33. The zero-order chi connectivity index (χ0) is 14.4. The molecule has 0 radical (unpaired) electrons. The van der Waals surface area contributed by atoms with Gasteiger partial charge in [0.15, 0.2) is 0 Å². The summed E-state index contributed by atoms with van der Waals surface area (Å²) < 4.78 is 39.0. The Morgan fingerprint density at radius 3 is 2.60 bits per heavy atom. The second kappa shape index (κ2) is 4.70. The van der Waals surface area contributed by atoms with E-state index in [1.807, 2.05) is 0 Å². The van der Waals surface area contributed by atoms with Gasteiger partial charge in [0.05, 0.1) is 20.8 Å². The second-order valence-electron chi connectivity index (χ2n) is 5.51. The van der Waals surface area contributed by atoms with E-state index >= 15 is 0 Å². The lowest BCUT2D eigenvalue weighted by atomic mass is 9.82. The minimum atomic E-state index is -4.31. The molecule has 6 heteroatoms. The summed E-state index contributed by atoms with van der Waals surface area (Å²) in [6.07, 6.45) is -2.37. The number of piperidine rings is 1. The van der Waals surface area contributed by atoms with Crippen molar-refractivity contribution < 1.29 is 13.2 Å². The molecule has 2 nitrogen and oxygen atoms in total. The molecule has 0 atom stereocenters. The van der Waals surface area contributed by atoms with Gasteiger partial charge in [0, 0.05) is 5.41 Å². The standard InChI is InChI=1S/C14H15F3N2S/c1-13(4-6-18-7-5-13)12-19-10-8-9(14(15,16)17)2-3-11(10)20-12/h2-3,8,18H,4-7H2,1H3. The van der Waals surface area contributed by atoms with Gasteiger partial charge < -0.3 is 5.32 Å². The molecule has 2 aromatic rings. The molecule has 3 rings (SSSR count). The number of halogens is 3. The highest BCUT2D eigenvalue weighted by atomic mass is 32.1. The third kappa shape index (κ3) is 2.42. The maximum Gasteiger partial charge on any atom is 0.416 e. The van der Waals surface area contributed by atoms with Gasteiger partial charge in [0.2, 0.25) is 0 Å². The molecule has 1 aliphatic heterocycles. The Hall–Kier alpha value is -1.14. The van der Waals surface area contributed by atoms with Crippen LogP contribution in [0.1, 0.15) is 30.3 Å². The molecule has 1 aromatic heterocycles. The first-order valence-corrected chi connectivity index (χ1v) is 7.39. The van der Waals surface area contributed by atoms with Gasteiger partial charge in [-0.2, -0.15) is 13.2 Å². The topological polar surface area (TPSA) is 24.9 Å². The summed E-state index contributed by atoms with van der Waals surface area (Å²) in [5, 5.41) is 4.25. The van der Waals surface area contributed by atoms with E-state index in [1.54, 1.807) is 0 Å². The number of fused-ring (bicyclic) bond motifs is 1. The number of rotatable bonds is 1. The SMILES string of the molecule is CC1(c2nc3cc(C(F)(F)F)ccc3s2)CCNCC1. The molecular weight excluding hydrogens is 285 g/mol. The van der Waals surface area contributed by atoms with Crippen LogP contribution >= 0.6 is 11.3 Å². The first-order chi connectivity index (χ1) is 9.38. The number of hydrogen-bond donors (Lipinski definition) is 1. The van der Waals surface area contributed by atoms with Gasteiger partial charge in [-0.05, 0) is 44.1 Å². The number of thiazole rings is 1. The van der Waals surface area contributed by atoms with Gasteiger partial charge in [-0.1, -0.05) is 6.92 Å². The van der Waals surface area contributed by atoms with Gasteiger partial charge in [0.25, 0.3) is 0 Å². The second-order valence-corrected chi connectivity index (χ2v) is 6.54. The van der Waals surface area contributed by atoms with Crippen LogP contribution in [0.5, 0.6) is 0 Å². The summed E-state index contributed by atoms with van der Waals surface area (Å²) in [5.41, 5.74) is -0.190. The highest BCUT2D eigenvalue weighted by molar-refractivity contribution is 7.18. The largest absolute Gasteiger partial charge is 0.416 e. The van der Waals surface area contributed by atoms with Crippen LogP contribution in [0.4, 0.5) is 13.2 Å². The van der Waals surface area contributed by atoms with Crippen molar-refractivity contribution in [2.75, 3.05) is 13.1 Å². The average molecular weight is 300 g/mol. The van der Waals surface area contributed by atoms with Crippen molar-refractivity contribution in [1.29, 1.82) is 0 Å². The zero-order valence-corrected chi connectivity index (χ0v) is 11.9. The Balaban J connectivity index is 2.02. The van der Waals surface area contributed by atoms with Crippen molar-refractivity contribution in [3.8, 4) is 0 Å². The van der Waals surface area contributed by atoms with E-state index in [0.717, 1.165) is 47.8 Å². The number of aromatic nitrogens is 1. The average Bonchev–Trinajstić information content (AvgIpc) is 2.82. The van der Waals surface area contributed by atoms with E-state index in [1.165, 1.54) is 17.4 Å². The Morgan fingerprint density at radius 1 is 1.25 bits per heavy atom. The fourth-order valence-electron chi connectivity index (χ4n) is 2.55. The van der Waals surface area contributed by atoms with Crippen molar-refractivity contribution >= 4 is 21.6 Å². The predicted molar refractivity (Wildman–Crippen MR) is 74.1 cm³/mol. The van der Waals surface area contributed by atoms with Gasteiger partial charge in [-0.15, -0.1) is 11.3 Å². The van der Waals surface area contributed by atoms with E-state index in [9.17, 15) is 13.2 Å². The lowest BCUT2D eigenvalue weighted by Gasteiger charge is -2.31.